The average molecular weight is 1250 g/mol. The molecular formula is C72H86Cl2N4O7S2+2. The van der Waals surface area contributed by atoms with Gasteiger partial charge in [-0.15, -0.1) is 0 Å². The molecule has 0 amide bonds. The predicted octanol–water partition coefficient (Wildman–Crippen LogP) is 16.2. The van der Waals surface area contributed by atoms with Crippen LogP contribution in [0.25, 0.3) is 0 Å². The van der Waals surface area contributed by atoms with Crippen molar-refractivity contribution in [2.45, 2.75) is 141 Å². The molecule has 0 saturated heterocycles. The van der Waals surface area contributed by atoms with E-state index in [1.807, 2.05) is 12.1 Å². The van der Waals surface area contributed by atoms with Crippen LogP contribution in [-0.4, -0.2) is 97.4 Å². The zero-order valence-electron chi connectivity index (χ0n) is 51.9. The molecule has 0 aromatic heterocycles. The maximum atomic E-state index is 11.5. The molecule has 0 bridgehead atoms. The maximum Gasteiger partial charge on any atom is 0.264 e. The van der Waals surface area contributed by atoms with Crippen LogP contribution in [0.15, 0.2) is 189 Å². The molecule has 4 aromatic rings. The van der Waals surface area contributed by atoms with Gasteiger partial charge in [0.25, 0.3) is 20.2 Å². The van der Waals surface area contributed by atoms with Crippen LogP contribution < -0.4 is 9.80 Å². The van der Waals surface area contributed by atoms with Gasteiger partial charge in [0.05, 0.1) is 35.5 Å². The van der Waals surface area contributed by atoms with Crippen LogP contribution in [0.5, 0.6) is 0 Å². The van der Waals surface area contributed by atoms with E-state index in [1.165, 1.54) is 45.0 Å². The van der Waals surface area contributed by atoms with Crippen molar-refractivity contribution in [2.24, 2.45) is 0 Å². The Morgan fingerprint density at radius 2 is 0.851 bits per heavy atom. The Morgan fingerprint density at radius 3 is 1.24 bits per heavy atom. The molecule has 87 heavy (non-hydrogen) atoms. The summed E-state index contributed by atoms with van der Waals surface area (Å²) in [6.07, 6.45) is 25.2. The highest BCUT2D eigenvalue weighted by Gasteiger charge is 2.46. The van der Waals surface area contributed by atoms with E-state index in [-0.39, 0.29) is 33.2 Å². The van der Waals surface area contributed by atoms with Crippen LogP contribution >= 0.6 is 23.2 Å². The first-order valence-corrected chi connectivity index (χ1v) is 35.0. The van der Waals surface area contributed by atoms with Crippen LogP contribution in [0, 0.1) is 0 Å². The first kappa shape index (κ1) is 64.1. The quantitative estimate of drug-likeness (QED) is 0.0449. The molecule has 0 radical (unpaired) electrons. The number of fused-ring (bicyclic) bond motifs is 4. The maximum absolute atomic E-state index is 11.5. The highest BCUT2D eigenvalue weighted by Crippen LogP contribution is 2.50. The van der Waals surface area contributed by atoms with Crippen molar-refractivity contribution in [3.8, 4) is 0 Å². The zero-order valence-corrected chi connectivity index (χ0v) is 55.0. The lowest BCUT2D eigenvalue weighted by atomic mass is 9.81. The second kappa shape index (κ2) is 25.9. The first-order valence-electron chi connectivity index (χ1n) is 31.0. The van der Waals surface area contributed by atoms with Crippen molar-refractivity contribution >= 4 is 77.6 Å². The van der Waals surface area contributed by atoms with Crippen molar-refractivity contribution in [3.05, 3.63) is 212 Å². The Balaban J connectivity index is 0.848. The van der Waals surface area contributed by atoms with E-state index in [2.05, 4.69) is 208 Å². The van der Waals surface area contributed by atoms with Crippen LogP contribution in [0.1, 0.15) is 142 Å². The number of nitrogens with zero attached hydrogens (tertiary/aromatic N) is 4. The molecule has 0 atom stereocenters. The number of hydrogen-bond donors (Lipinski definition) is 2. The van der Waals surface area contributed by atoms with E-state index in [1.54, 1.807) is 0 Å². The van der Waals surface area contributed by atoms with Crippen molar-refractivity contribution in [2.75, 3.05) is 60.7 Å². The van der Waals surface area contributed by atoms with E-state index in [0.717, 1.165) is 93.7 Å². The van der Waals surface area contributed by atoms with Crippen LogP contribution in [0.3, 0.4) is 0 Å². The zero-order chi connectivity index (χ0) is 62.1. The minimum absolute atomic E-state index is 0.251. The van der Waals surface area contributed by atoms with E-state index >= 15 is 0 Å². The highest BCUT2D eigenvalue weighted by atomic mass is 35.5. The van der Waals surface area contributed by atoms with Crippen molar-refractivity contribution in [1.82, 2.24) is 0 Å². The number of hydrogen-bond acceptors (Lipinski definition) is 7. The summed E-state index contributed by atoms with van der Waals surface area (Å²) in [6.45, 7) is 21.8. The van der Waals surface area contributed by atoms with Crippen LogP contribution in [-0.2, 0) is 46.6 Å². The summed E-state index contributed by atoms with van der Waals surface area (Å²) in [5.41, 5.74) is 17.6. The standard InChI is InChI=1S/C72H84Cl2N4O7S2/c1-69(2)55-27-9-13-31-59(55)75(43-17-19-49-86(79,80)81)63(69)39-35-51-23-21-25-53(67(51)73)37-41-65-71(5,6)57-29-11-15-33-61(57)77(65)45-47-85-48-46-78-62-34-16-12-30-58(62)72(7,8)66(78)42-38-54-26-22-24-52(68(54)74)36-40-64-70(3,4)56-28-10-14-32-60(56)76(64)44-18-20-50-87(82,83)84/h9-16,27-42H,17-26,43-50H2,1-8H3/p+2. The van der Waals surface area contributed by atoms with E-state index in [9.17, 15) is 25.9 Å². The molecule has 2 aliphatic carbocycles. The monoisotopic (exact) mass is 1250 g/mol. The summed E-state index contributed by atoms with van der Waals surface area (Å²) in [4.78, 5) is 4.84. The van der Waals surface area contributed by atoms with Crippen molar-refractivity contribution in [3.63, 3.8) is 0 Å². The molecule has 15 heteroatoms. The summed E-state index contributed by atoms with van der Waals surface area (Å²) in [5, 5.41) is 1.57. The van der Waals surface area contributed by atoms with Gasteiger partial charge in [-0.1, -0.05) is 148 Å². The molecule has 4 aliphatic heterocycles. The molecule has 10 rings (SSSR count). The smallest absolute Gasteiger partial charge is 0.264 e. The number of para-hydroxylation sites is 4. The molecule has 0 unspecified atom stereocenters. The Bertz CT molecular complexity index is 3660. The van der Waals surface area contributed by atoms with Crippen molar-refractivity contribution < 1.29 is 39.8 Å². The van der Waals surface area contributed by atoms with Crippen molar-refractivity contribution in [1.29, 1.82) is 0 Å². The highest BCUT2D eigenvalue weighted by molar-refractivity contribution is 7.86. The molecule has 6 aliphatic rings. The SMILES string of the molecule is CC1(C)C(/C=C/C2=C(Cl)C(=C\C=C3/N(CCOCCN4/C(=C/C=C5/CCCC(/C=C/C6=[N+](CCCCS(=O)(=O)O)c7ccccc7C6(C)C)=C5Cl)C(C)(C)c5ccccc54)c4ccccc4C3(C)C)/CCC2)=[N+](CCCCS(=O)(=O)O)c2ccccc21. The molecule has 4 heterocycles. The number of allylic oxidation sites excluding steroid dienone is 16. The number of rotatable bonds is 22. The van der Waals surface area contributed by atoms with Gasteiger partial charge in [-0.05, 0) is 137 Å². The minimum atomic E-state index is -4.02. The van der Waals surface area contributed by atoms with Gasteiger partial charge in [0.2, 0.25) is 11.4 Å². The number of ether oxygens (including phenoxy) is 1. The van der Waals surface area contributed by atoms with E-state index in [0.29, 0.717) is 65.1 Å². The molecule has 0 saturated carbocycles. The number of halogens is 2. The molecule has 4 aromatic carbocycles. The Morgan fingerprint density at radius 1 is 0.483 bits per heavy atom. The Hall–Kier alpha value is -5.90. The average Bonchev–Trinajstić information content (AvgIpc) is 1.73. The molecule has 0 fully saturated rings. The fraction of sp³-hybridized carbons (Fsp3) is 0.417. The number of unbranched alkanes of at least 4 members (excludes halogenated alkanes) is 2. The van der Waals surface area contributed by atoms with Gasteiger partial charge in [0.15, 0.2) is 11.4 Å². The predicted molar refractivity (Wildman–Crippen MR) is 358 cm³/mol. The number of anilines is 2. The summed E-state index contributed by atoms with van der Waals surface area (Å²) in [7, 11) is -8.05. The minimum Gasteiger partial charge on any atom is -0.378 e. The topological polar surface area (TPSA) is 130 Å². The van der Waals surface area contributed by atoms with Crippen LogP contribution in [0.2, 0.25) is 0 Å². The van der Waals surface area contributed by atoms with Gasteiger partial charge < -0.3 is 14.5 Å². The summed E-state index contributed by atoms with van der Waals surface area (Å²) >= 11 is 14.8. The second-order valence-electron chi connectivity index (χ2n) is 26.1. The van der Waals surface area contributed by atoms with Gasteiger partial charge in [-0.25, -0.2) is 0 Å². The molecule has 0 spiro atoms. The van der Waals surface area contributed by atoms with Gasteiger partial charge >= 0.3 is 0 Å². The van der Waals surface area contributed by atoms with E-state index < -0.39 is 20.2 Å². The van der Waals surface area contributed by atoms with Gasteiger partial charge in [-0.2, -0.15) is 26.0 Å². The lowest BCUT2D eigenvalue weighted by Crippen LogP contribution is -2.31. The van der Waals surface area contributed by atoms with Gasteiger partial charge in [-0.3, -0.25) is 9.11 Å². The second-order valence-corrected chi connectivity index (χ2v) is 30.0. The Kier molecular flexibility index (Phi) is 19.1. The largest absolute Gasteiger partial charge is 0.378 e. The molecule has 460 valence electrons. The molecule has 11 nitrogen and oxygen atoms in total. The summed E-state index contributed by atoms with van der Waals surface area (Å²) in [6, 6.07) is 34.2. The summed E-state index contributed by atoms with van der Waals surface area (Å²) < 4.78 is 76.1. The lowest BCUT2D eigenvalue weighted by molar-refractivity contribution is -0.438. The summed E-state index contributed by atoms with van der Waals surface area (Å²) in [5.74, 6) is -0.502. The van der Waals surface area contributed by atoms with Gasteiger partial charge in [0, 0.05) is 105 Å². The Labute approximate surface area is 527 Å². The number of benzene rings is 4. The van der Waals surface area contributed by atoms with Crippen LogP contribution in [0.4, 0.5) is 22.7 Å². The first-order chi connectivity index (χ1) is 41.3. The third kappa shape index (κ3) is 13.5. The normalized spacial score (nSPS) is 21.5. The third-order valence-corrected chi connectivity index (χ3v) is 21.4. The lowest BCUT2D eigenvalue weighted by Gasteiger charge is -2.28. The molecular weight excluding hydrogens is 1170 g/mol. The third-order valence-electron chi connectivity index (χ3n) is 18.9. The van der Waals surface area contributed by atoms with E-state index in [4.69, 9.17) is 27.9 Å². The van der Waals surface area contributed by atoms with Gasteiger partial charge in [0.1, 0.15) is 13.1 Å². The fourth-order valence-corrected chi connectivity index (χ4v) is 16.0. The molecule has 2 N–H and O–H groups in total. The fourth-order valence-electron chi connectivity index (χ4n) is 14.2.